The van der Waals surface area contributed by atoms with Crippen LogP contribution in [0.2, 0.25) is 5.02 Å². The molecule has 28 heavy (non-hydrogen) atoms. The molecule has 1 atom stereocenters. The van der Waals surface area contributed by atoms with Crippen LogP contribution in [0.15, 0.2) is 48.8 Å². The minimum atomic E-state index is -0.416. The first-order chi connectivity index (χ1) is 13.6. The Morgan fingerprint density at radius 2 is 2.14 bits per heavy atom. The molecular weight excluding hydrogens is 380 g/mol. The van der Waals surface area contributed by atoms with Crippen molar-refractivity contribution in [2.45, 2.75) is 25.5 Å². The van der Waals surface area contributed by atoms with Crippen molar-refractivity contribution in [3.05, 3.63) is 65.1 Å². The number of carbonyl (C=O) groups excluding carboxylic acids is 2. The van der Waals surface area contributed by atoms with Crippen LogP contribution < -0.4 is 10.6 Å². The molecule has 144 valence electrons. The zero-order valence-electron chi connectivity index (χ0n) is 15.0. The third-order valence-electron chi connectivity index (χ3n) is 4.51. The lowest BCUT2D eigenvalue weighted by molar-refractivity contribution is -0.124. The van der Waals surface area contributed by atoms with Crippen LogP contribution >= 0.6 is 11.6 Å². The number of imidazole rings is 1. The number of benzene rings is 1. The van der Waals surface area contributed by atoms with E-state index in [0.29, 0.717) is 22.9 Å². The van der Waals surface area contributed by atoms with Crippen LogP contribution in [0.3, 0.4) is 0 Å². The van der Waals surface area contributed by atoms with Crippen molar-refractivity contribution < 1.29 is 14.3 Å². The summed E-state index contributed by atoms with van der Waals surface area (Å²) in [5, 5.41) is 6.26. The summed E-state index contributed by atoms with van der Waals surface area (Å²) >= 11 is 5.97. The number of aromatic nitrogens is 2. The minimum Gasteiger partial charge on any atom is -0.368 e. The third-order valence-corrected chi connectivity index (χ3v) is 4.73. The maximum absolute atomic E-state index is 12.5. The van der Waals surface area contributed by atoms with Gasteiger partial charge in [0.05, 0.1) is 17.3 Å². The van der Waals surface area contributed by atoms with Crippen molar-refractivity contribution in [3.63, 3.8) is 0 Å². The summed E-state index contributed by atoms with van der Waals surface area (Å²) in [7, 11) is 0. The zero-order valence-corrected chi connectivity index (χ0v) is 15.8. The highest BCUT2D eigenvalue weighted by Crippen LogP contribution is 2.17. The predicted octanol–water partition coefficient (Wildman–Crippen LogP) is 3.04. The normalized spacial score (nSPS) is 16.2. The first-order valence-corrected chi connectivity index (χ1v) is 9.40. The molecule has 0 spiro atoms. The number of halogens is 1. The van der Waals surface area contributed by atoms with Gasteiger partial charge in [0.15, 0.2) is 0 Å². The average molecular weight is 399 g/mol. The Labute approximate surface area is 166 Å². The summed E-state index contributed by atoms with van der Waals surface area (Å²) < 4.78 is 7.19. The van der Waals surface area contributed by atoms with Crippen LogP contribution in [-0.4, -0.2) is 33.9 Å². The molecular formula is C20H19ClN4O3. The van der Waals surface area contributed by atoms with Gasteiger partial charge in [-0.05, 0) is 43.2 Å². The molecule has 0 aliphatic carbocycles. The van der Waals surface area contributed by atoms with Gasteiger partial charge in [0.2, 0.25) is 0 Å². The van der Waals surface area contributed by atoms with Gasteiger partial charge in [-0.15, -0.1) is 0 Å². The molecule has 2 aromatic heterocycles. The standard InChI is InChI=1S/C20H19ClN4O3/c21-14-6-7-18-23-16(12-25(18)11-14)10-22-19(26)13-3-1-4-15(9-13)24-20(27)17-5-2-8-28-17/h1,3-4,6-7,9,11-12,17H,2,5,8,10H2,(H,22,26)(H,24,27). The lowest BCUT2D eigenvalue weighted by Crippen LogP contribution is -2.27. The van der Waals surface area contributed by atoms with Crippen LogP contribution in [0.1, 0.15) is 28.9 Å². The SMILES string of the molecule is O=C(NCc1cn2cc(Cl)ccc2n1)c1cccc(NC(=O)C2CCCO2)c1. The molecule has 0 radical (unpaired) electrons. The zero-order chi connectivity index (χ0) is 19.5. The highest BCUT2D eigenvalue weighted by molar-refractivity contribution is 6.30. The molecule has 1 saturated heterocycles. The van der Waals surface area contributed by atoms with Crippen molar-refractivity contribution in [2.24, 2.45) is 0 Å². The molecule has 1 unspecified atom stereocenters. The molecule has 1 fully saturated rings. The van der Waals surface area contributed by atoms with Gasteiger partial charge in [0.25, 0.3) is 11.8 Å². The van der Waals surface area contributed by atoms with E-state index in [1.54, 1.807) is 36.5 Å². The van der Waals surface area contributed by atoms with Crippen molar-refractivity contribution >= 4 is 34.7 Å². The molecule has 2 N–H and O–H groups in total. The molecule has 3 heterocycles. The Hall–Kier alpha value is -2.90. The number of nitrogens with one attached hydrogen (secondary N) is 2. The largest absolute Gasteiger partial charge is 0.368 e. The number of carbonyl (C=O) groups is 2. The van der Waals surface area contributed by atoms with Crippen LogP contribution in [0.4, 0.5) is 5.69 Å². The summed E-state index contributed by atoms with van der Waals surface area (Å²) in [5.41, 5.74) is 2.50. The maximum atomic E-state index is 12.5. The Morgan fingerprint density at radius 1 is 1.25 bits per heavy atom. The van der Waals surface area contributed by atoms with Crippen molar-refractivity contribution in [3.8, 4) is 0 Å². The number of anilines is 1. The second-order valence-electron chi connectivity index (χ2n) is 6.60. The van der Waals surface area contributed by atoms with E-state index >= 15 is 0 Å². The Morgan fingerprint density at radius 3 is 2.96 bits per heavy atom. The Kier molecular flexibility index (Phi) is 5.27. The van der Waals surface area contributed by atoms with Gasteiger partial charge in [-0.25, -0.2) is 4.98 Å². The van der Waals surface area contributed by atoms with Gasteiger partial charge >= 0.3 is 0 Å². The monoisotopic (exact) mass is 398 g/mol. The van der Waals surface area contributed by atoms with E-state index in [1.807, 2.05) is 16.7 Å². The first-order valence-electron chi connectivity index (χ1n) is 9.02. The van der Waals surface area contributed by atoms with Crippen molar-refractivity contribution in [1.82, 2.24) is 14.7 Å². The fourth-order valence-corrected chi connectivity index (χ4v) is 3.29. The minimum absolute atomic E-state index is 0.182. The summed E-state index contributed by atoms with van der Waals surface area (Å²) in [4.78, 5) is 29.1. The van der Waals surface area contributed by atoms with E-state index in [4.69, 9.17) is 16.3 Å². The number of amides is 2. The van der Waals surface area contributed by atoms with Crippen molar-refractivity contribution in [2.75, 3.05) is 11.9 Å². The smallest absolute Gasteiger partial charge is 0.253 e. The van der Waals surface area contributed by atoms with Gasteiger partial charge in [-0.1, -0.05) is 17.7 Å². The fraction of sp³-hybridized carbons (Fsp3) is 0.250. The quantitative estimate of drug-likeness (QED) is 0.691. The van der Waals surface area contributed by atoms with E-state index in [0.717, 1.165) is 24.2 Å². The van der Waals surface area contributed by atoms with Gasteiger partial charge in [-0.2, -0.15) is 0 Å². The summed E-state index contributed by atoms with van der Waals surface area (Å²) in [6.07, 6.45) is 4.77. The number of rotatable bonds is 5. The predicted molar refractivity (Wildman–Crippen MR) is 105 cm³/mol. The lowest BCUT2D eigenvalue weighted by Gasteiger charge is -2.11. The molecule has 3 aromatic rings. The van der Waals surface area contributed by atoms with Crippen LogP contribution in [0, 0.1) is 0 Å². The molecule has 2 amide bonds. The van der Waals surface area contributed by atoms with Crippen LogP contribution in [0.5, 0.6) is 0 Å². The highest BCUT2D eigenvalue weighted by Gasteiger charge is 2.23. The van der Waals surface area contributed by atoms with E-state index in [9.17, 15) is 9.59 Å². The van der Waals surface area contributed by atoms with Crippen LogP contribution in [-0.2, 0) is 16.1 Å². The maximum Gasteiger partial charge on any atom is 0.253 e. The van der Waals surface area contributed by atoms with E-state index in [2.05, 4.69) is 15.6 Å². The number of fused-ring (bicyclic) bond motifs is 1. The molecule has 1 aromatic carbocycles. The molecule has 1 aliphatic rings. The van der Waals surface area contributed by atoms with Gasteiger partial charge < -0.3 is 19.8 Å². The van der Waals surface area contributed by atoms with Gasteiger partial charge in [0, 0.05) is 30.3 Å². The third kappa shape index (κ3) is 4.16. The summed E-state index contributed by atoms with van der Waals surface area (Å²) in [6, 6.07) is 10.4. The highest BCUT2D eigenvalue weighted by atomic mass is 35.5. The number of hydrogen-bond acceptors (Lipinski definition) is 4. The molecule has 7 nitrogen and oxygen atoms in total. The fourth-order valence-electron chi connectivity index (χ4n) is 3.12. The van der Waals surface area contributed by atoms with Gasteiger partial charge in [-0.3, -0.25) is 9.59 Å². The van der Waals surface area contributed by atoms with E-state index in [-0.39, 0.29) is 18.4 Å². The molecule has 0 bridgehead atoms. The van der Waals surface area contributed by atoms with E-state index in [1.165, 1.54) is 0 Å². The average Bonchev–Trinajstić information content (AvgIpc) is 3.35. The number of ether oxygens (including phenoxy) is 1. The first kappa shape index (κ1) is 18.5. The topological polar surface area (TPSA) is 84.7 Å². The summed E-state index contributed by atoms with van der Waals surface area (Å²) in [6.45, 7) is 0.889. The van der Waals surface area contributed by atoms with Crippen LogP contribution in [0.25, 0.3) is 5.65 Å². The lowest BCUT2D eigenvalue weighted by atomic mass is 10.1. The number of nitrogens with zero attached hydrogens (tertiary/aromatic N) is 2. The second kappa shape index (κ2) is 8.00. The number of pyridine rings is 1. The molecule has 0 saturated carbocycles. The molecule has 8 heteroatoms. The van der Waals surface area contributed by atoms with Gasteiger partial charge in [0.1, 0.15) is 11.8 Å². The molecule has 1 aliphatic heterocycles. The molecule has 4 rings (SSSR count). The Balaban J connectivity index is 1.39. The van der Waals surface area contributed by atoms with E-state index < -0.39 is 6.10 Å². The Bertz CT molecular complexity index is 1030. The van der Waals surface area contributed by atoms with Crippen molar-refractivity contribution in [1.29, 1.82) is 0 Å². The second-order valence-corrected chi connectivity index (χ2v) is 7.04. The number of hydrogen-bond donors (Lipinski definition) is 2. The summed E-state index contributed by atoms with van der Waals surface area (Å²) in [5.74, 6) is -0.429.